The van der Waals surface area contributed by atoms with Crippen LogP contribution in [0.15, 0.2) is 29.4 Å². The van der Waals surface area contributed by atoms with Gasteiger partial charge in [-0.25, -0.2) is 4.39 Å². The van der Waals surface area contributed by atoms with Crippen molar-refractivity contribution in [3.63, 3.8) is 0 Å². The fraction of sp³-hybridized carbons (Fsp3) is 0.600. The van der Waals surface area contributed by atoms with Gasteiger partial charge in [0, 0.05) is 25.4 Å². The van der Waals surface area contributed by atoms with Gasteiger partial charge in [0.2, 0.25) is 5.91 Å². The average Bonchev–Trinajstić information content (AvgIpc) is 3.11. The Hall–Kier alpha value is -1.95. The van der Waals surface area contributed by atoms with Crippen LogP contribution in [-0.2, 0) is 9.63 Å². The maximum atomic E-state index is 13.1. The van der Waals surface area contributed by atoms with E-state index in [1.807, 2.05) is 6.92 Å². The van der Waals surface area contributed by atoms with E-state index >= 15 is 0 Å². The molecule has 2 aliphatic rings. The second kappa shape index (κ2) is 8.16. The first-order chi connectivity index (χ1) is 12.5. The van der Waals surface area contributed by atoms with E-state index in [9.17, 15) is 9.18 Å². The summed E-state index contributed by atoms with van der Waals surface area (Å²) in [7, 11) is 0. The third-order valence-electron chi connectivity index (χ3n) is 5.47. The van der Waals surface area contributed by atoms with Crippen LogP contribution >= 0.6 is 0 Å². The first-order valence-corrected chi connectivity index (χ1v) is 9.53. The highest BCUT2D eigenvalue weighted by molar-refractivity contribution is 6.01. The number of hydrogen-bond donors (Lipinski definition) is 2. The van der Waals surface area contributed by atoms with Crippen molar-refractivity contribution in [1.29, 1.82) is 0 Å². The first kappa shape index (κ1) is 18.8. The number of piperidine rings is 1. The van der Waals surface area contributed by atoms with Crippen LogP contribution in [0.25, 0.3) is 0 Å². The number of benzene rings is 1. The molecule has 1 fully saturated rings. The molecule has 0 aromatic heterocycles. The Morgan fingerprint density at radius 2 is 2.23 bits per heavy atom. The fourth-order valence-corrected chi connectivity index (χ4v) is 3.69. The monoisotopic (exact) mass is 361 g/mol. The van der Waals surface area contributed by atoms with E-state index in [-0.39, 0.29) is 23.9 Å². The molecule has 0 bridgehead atoms. The van der Waals surface area contributed by atoms with Crippen LogP contribution in [0.4, 0.5) is 4.39 Å². The number of carbonyl (C=O) groups is 1. The summed E-state index contributed by atoms with van der Waals surface area (Å²) in [4.78, 5) is 18.6. The number of carbonyl (C=O) groups excluding carboxylic acids is 1. The lowest BCUT2D eigenvalue weighted by molar-refractivity contribution is -0.135. The number of halogens is 1. The molecule has 0 unspecified atom stereocenters. The molecule has 1 aromatic rings. The van der Waals surface area contributed by atoms with E-state index in [2.05, 4.69) is 22.7 Å². The molecule has 2 N–H and O–H groups in total. The van der Waals surface area contributed by atoms with Crippen LogP contribution in [0, 0.1) is 11.2 Å². The van der Waals surface area contributed by atoms with Crippen LogP contribution in [-0.4, -0.2) is 36.9 Å². The molecule has 6 heteroatoms. The molecule has 142 valence electrons. The van der Waals surface area contributed by atoms with E-state index in [1.54, 1.807) is 12.1 Å². The van der Waals surface area contributed by atoms with Crippen molar-refractivity contribution in [2.75, 3.05) is 13.1 Å². The van der Waals surface area contributed by atoms with Crippen molar-refractivity contribution < 1.29 is 14.0 Å². The molecule has 26 heavy (non-hydrogen) atoms. The van der Waals surface area contributed by atoms with E-state index in [4.69, 9.17) is 4.84 Å². The fourth-order valence-electron chi connectivity index (χ4n) is 3.69. The minimum Gasteiger partial charge on any atom is -0.392 e. The number of oxime groups is 1. The van der Waals surface area contributed by atoms with Crippen molar-refractivity contribution in [1.82, 2.24) is 10.6 Å². The lowest BCUT2D eigenvalue weighted by atomic mass is 9.74. The largest absolute Gasteiger partial charge is 0.392 e. The summed E-state index contributed by atoms with van der Waals surface area (Å²) in [6.07, 6.45) is 3.89. The van der Waals surface area contributed by atoms with Crippen LogP contribution in [0.3, 0.4) is 0 Å². The van der Waals surface area contributed by atoms with E-state index in [1.165, 1.54) is 12.1 Å². The van der Waals surface area contributed by atoms with Crippen LogP contribution in [0.1, 0.15) is 51.5 Å². The first-order valence-electron chi connectivity index (χ1n) is 9.53. The molecule has 0 saturated carbocycles. The van der Waals surface area contributed by atoms with Crippen molar-refractivity contribution >= 4 is 11.6 Å². The lowest BCUT2D eigenvalue weighted by Gasteiger charge is -2.38. The minimum atomic E-state index is -0.458. The number of nitrogens with zero attached hydrogens (tertiary/aromatic N) is 1. The molecule has 1 aromatic carbocycles. The molecule has 0 radical (unpaired) electrons. The van der Waals surface area contributed by atoms with Gasteiger partial charge in [-0.1, -0.05) is 24.2 Å². The summed E-state index contributed by atoms with van der Waals surface area (Å²) in [5, 5.41) is 10.7. The quantitative estimate of drug-likeness (QED) is 0.819. The topological polar surface area (TPSA) is 62.7 Å². The summed E-state index contributed by atoms with van der Waals surface area (Å²) >= 11 is 0. The highest BCUT2D eigenvalue weighted by atomic mass is 19.1. The zero-order valence-electron chi connectivity index (χ0n) is 15.6. The van der Waals surface area contributed by atoms with Gasteiger partial charge in [0.05, 0.1) is 11.1 Å². The molecular formula is C20H28FN3O2. The maximum Gasteiger partial charge on any atom is 0.227 e. The predicted molar refractivity (Wildman–Crippen MR) is 99.5 cm³/mol. The molecule has 0 spiro atoms. The van der Waals surface area contributed by atoms with Gasteiger partial charge in [-0.15, -0.1) is 0 Å². The highest BCUT2D eigenvalue weighted by Crippen LogP contribution is 2.35. The SMILES string of the molecule is CC[C@H](C)NC(=O)[C@@]1(C[C@@H]2CC(c3ccc(F)cc3)=NO2)CCCNC1. The van der Waals surface area contributed by atoms with Crippen LogP contribution in [0.2, 0.25) is 0 Å². The highest BCUT2D eigenvalue weighted by Gasteiger charge is 2.43. The second-order valence-corrected chi connectivity index (χ2v) is 7.52. The molecular weight excluding hydrogens is 333 g/mol. The van der Waals surface area contributed by atoms with Crippen molar-refractivity contribution in [2.45, 2.75) is 58.1 Å². The van der Waals surface area contributed by atoms with Crippen molar-refractivity contribution in [2.24, 2.45) is 10.6 Å². The van der Waals surface area contributed by atoms with E-state index < -0.39 is 5.41 Å². The standard InChI is InChI=1S/C20H28FN3O2/c1-3-14(2)23-19(25)20(9-4-10-22-13-20)12-17-11-18(24-26-17)15-5-7-16(21)8-6-15/h5-8,14,17,22H,3-4,9-13H2,1-2H3,(H,23,25)/t14-,17-,20+/m0/s1. The Labute approximate surface area is 154 Å². The number of rotatable bonds is 6. The van der Waals surface area contributed by atoms with Crippen molar-refractivity contribution in [3.05, 3.63) is 35.6 Å². The zero-order chi connectivity index (χ0) is 18.6. The Balaban J connectivity index is 1.66. The van der Waals surface area contributed by atoms with E-state index in [0.29, 0.717) is 19.4 Å². The molecule has 1 amide bonds. The van der Waals surface area contributed by atoms with Gasteiger partial charge in [0.1, 0.15) is 11.9 Å². The van der Waals surface area contributed by atoms with Gasteiger partial charge in [-0.3, -0.25) is 4.79 Å². The third-order valence-corrected chi connectivity index (χ3v) is 5.47. The molecule has 5 nitrogen and oxygen atoms in total. The Bertz CT molecular complexity index is 654. The Morgan fingerprint density at radius 1 is 1.46 bits per heavy atom. The lowest BCUT2D eigenvalue weighted by Crippen LogP contribution is -2.53. The van der Waals surface area contributed by atoms with Crippen LogP contribution in [0.5, 0.6) is 0 Å². The molecule has 1 saturated heterocycles. The minimum absolute atomic E-state index is 0.109. The summed E-state index contributed by atoms with van der Waals surface area (Å²) in [6.45, 7) is 5.71. The van der Waals surface area contributed by atoms with Gasteiger partial charge in [0.15, 0.2) is 0 Å². The molecule has 2 heterocycles. The van der Waals surface area contributed by atoms with Gasteiger partial charge < -0.3 is 15.5 Å². The summed E-state index contributed by atoms with van der Waals surface area (Å²) in [6, 6.07) is 6.45. The van der Waals surface area contributed by atoms with E-state index in [0.717, 1.165) is 37.1 Å². The van der Waals surface area contributed by atoms with Gasteiger partial charge >= 0.3 is 0 Å². The Kier molecular flexibility index (Phi) is 5.91. The third kappa shape index (κ3) is 4.23. The van der Waals surface area contributed by atoms with Gasteiger partial charge in [0.25, 0.3) is 0 Å². The summed E-state index contributed by atoms with van der Waals surface area (Å²) in [5.74, 6) is -0.156. The molecule has 3 atom stereocenters. The average molecular weight is 361 g/mol. The molecule has 3 rings (SSSR count). The van der Waals surface area contributed by atoms with Crippen LogP contribution < -0.4 is 10.6 Å². The molecule has 0 aliphatic carbocycles. The number of hydrogen-bond acceptors (Lipinski definition) is 4. The van der Waals surface area contributed by atoms with Crippen molar-refractivity contribution in [3.8, 4) is 0 Å². The normalized spacial score (nSPS) is 26.7. The molecule has 2 aliphatic heterocycles. The second-order valence-electron chi connectivity index (χ2n) is 7.52. The Morgan fingerprint density at radius 3 is 2.88 bits per heavy atom. The number of amides is 1. The zero-order valence-corrected chi connectivity index (χ0v) is 15.6. The predicted octanol–water partition coefficient (Wildman–Crippen LogP) is 2.99. The maximum absolute atomic E-state index is 13.1. The number of nitrogens with one attached hydrogen (secondary N) is 2. The summed E-state index contributed by atoms with van der Waals surface area (Å²) < 4.78 is 13.1. The van der Waals surface area contributed by atoms with Gasteiger partial charge in [-0.2, -0.15) is 0 Å². The van der Waals surface area contributed by atoms with Gasteiger partial charge in [-0.05, 0) is 50.4 Å². The summed E-state index contributed by atoms with van der Waals surface area (Å²) in [5.41, 5.74) is 1.23. The smallest absolute Gasteiger partial charge is 0.227 e.